The number of halogens is 1. The molecule has 1 atom stereocenters. The van der Waals surface area contributed by atoms with Crippen molar-refractivity contribution in [3.8, 4) is 0 Å². The first-order valence-electron chi connectivity index (χ1n) is 5.88. The molecule has 17 heavy (non-hydrogen) atoms. The maximum absolute atomic E-state index is 12.7. The predicted molar refractivity (Wildman–Crippen MR) is 74.0 cm³/mol. The summed E-state index contributed by atoms with van der Waals surface area (Å²) in [5.41, 5.74) is 1.27. The third-order valence-electron chi connectivity index (χ3n) is 2.71. The van der Waals surface area contributed by atoms with Gasteiger partial charge in [-0.25, -0.2) is 4.39 Å². The average molecular weight is 253 g/mol. The first kappa shape index (κ1) is 14.3. The Bertz CT molecular complexity index is 348. The van der Waals surface area contributed by atoms with Crippen LogP contribution in [-0.4, -0.2) is 18.8 Å². The van der Waals surface area contributed by atoms with Crippen LogP contribution in [0.3, 0.4) is 0 Å². The highest BCUT2D eigenvalue weighted by atomic mass is 32.2. The second kappa shape index (κ2) is 7.51. The number of benzene rings is 1. The fourth-order valence-electron chi connectivity index (χ4n) is 1.46. The van der Waals surface area contributed by atoms with Crippen LogP contribution in [0.4, 0.5) is 4.39 Å². The Hall–Kier alpha value is -0.800. The van der Waals surface area contributed by atoms with Crippen LogP contribution in [0.2, 0.25) is 0 Å². The fraction of sp³-hybridized carbons (Fsp3) is 0.429. The fourth-order valence-corrected chi connectivity index (χ4v) is 2.47. The Kier molecular flexibility index (Phi) is 6.30. The molecule has 0 spiro atoms. The molecule has 1 aromatic rings. The predicted octanol–water partition coefficient (Wildman–Crippen LogP) is 3.86. The normalized spacial score (nSPS) is 12.4. The molecule has 3 heteroatoms. The molecule has 1 rings (SSSR count). The van der Waals surface area contributed by atoms with Crippen molar-refractivity contribution in [1.29, 1.82) is 0 Å². The molecule has 0 aliphatic carbocycles. The van der Waals surface area contributed by atoms with E-state index in [-0.39, 0.29) is 5.82 Å². The lowest BCUT2D eigenvalue weighted by molar-refractivity contribution is 0.607. The van der Waals surface area contributed by atoms with Crippen LogP contribution in [0.15, 0.2) is 41.3 Å². The summed E-state index contributed by atoms with van der Waals surface area (Å²) in [4.78, 5) is 1.11. The van der Waals surface area contributed by atoms with Gasteiger partial charge < -0.3 is 5.32 Å². The van der Waals surface area contributed by atoms with E-state index in [0.29, 0.717) is 6.04 Å². The highest BCUT2D eigenvalue weighted by Gasteiger charge is 2.08. The lowest BCUT2D eigenvalue weighted by Crippen LogP contribution is -2.28. The zero-order valence-electron chi connectivity index (χ0n) is 10.5. The molecule has 94 valence electrons. The molecule has 0 heterocycles. The first-order valence-corrected chi connectivity index (χ1v) is 6.86. The van der Waals surface area contributed by atoms with Gasteiger partial charge in [-0.2, -0.15) is 0 Å². The summed E-state index contributed by atoms with van der Waals surface area (Å²) in [5.74, 6) is 0.792. The van der Waals surface area contributed by atoms with Crippen molar-refractivity contribution in [2.75, 3.05) is 12.8 Å². The smallest absolute Gasteiger partial charge is 0.123 e. The van der Waals surface area contributed by atoms with E-state index in [2.05, 4.69) is 18.8 Å². The summed E-state index contributed by atoms with van der Waals surface area (Å²) >= 11 is 1.74. The molecule has 0 bridgehead atoms. The molecule has 0 saturated heterocycles. The molecule has 0 aliphatic rings. The largest absolute Gasteiger partial charge is 0.316 e. The van der Waals surface area contributed by atoms with Crippen molar-refractivity contribution < 1.29 is 4.39 Å². The average Bonchev–Trinajstić information content (AvgIpc) is 2.36. The van der Waals surface area contributed by atoms with Crippen molar-refractivity contribution in [2.24, 2.45) is 0 Å². The number of thioether (sulfide) groups is 1. The highest BCUT2D eigenvalue weighted by molar-refractivity contribution is 7.99. The van der Waals surface area contributed by atoms with E-state index in [1.54, 1.807) is 11.8 Å². The van der Waals surface area contributed by atoms with E-state index >= 15 is 0 Å². The SMILES string of the molecule is C=C(CC)CC(CSc1ccc(F)cc1)NC. The van der Waals surface area contributed by atoms with Gasteiger partial charge in [0, 0.05) is 16.7 Å². The van der Waals surface area contributed by atoms with Crippen molar-refractivity contribution in [3.05, 3.63) is 42.2 Å². The molecule has 1 unspecified atom stereocenters. The van der Waals surface area contributed by atoms with Crippen LogP contribution >= 0.6 is 11.8 Å². The minimum Gasteiger partial charge on any atom is -0.316 e. The van der Waals surface area contributed by atoms with Gasteiger partial charge in [-0.1, -0.05) is 19.1 Å². The van der Waals surface area contributed by atoms with Crippen LogP contribution < -0.4 is 5.32 Å². The van der Waals surface area contributed by atoms with E-state index in [1.165, 1.54) is 17.7 Å². The van der Waals surface area contributed by atoms with Crippen molar-refractivity contribution >= 4 is 11.8 Å². The van der Waals surface area contributed by atoms with E-state index in [1.807, 2.05) is 19.2 Å². The van der Waals surface area contributed by atoms with Gasteiger partial charge in [-0.05, 0) is 44.2 Å². The number of rotatable bonds is 7. The van der Waals surface area contributed by atoms with Gasteiger partial charge in [0.1, 0.15) is 5.82 Å². The molecule has 1 nitrogen and oxygen atoms in total. The van der Waals surface area contributed by atoms with E-state index in [9.17, 15) is 4.39 Å². The number of hydrogen-bond acceptors (Lipinski definition) is 2. The summed E-state index contributed by atoms with van der Waals surface area (Å²) in [6.07, 6.45) is 2.03. The molecule has 0 fully saturated rings. The monoisotopic (exact) mass is 253 g/mol. The highest BCUT2D eigenvalue weighted by Crippen LogP contribution is 2.21. The second-order valence-corrected chi connectivity index (χ2v) is 5.15. The maximum atomic E-state index is 12.7. The molecule has 1 N–H and O–H groups in total. The summed E-state index contributed by atoms with van der Waals surface area (Å²) in [6.45, 7) is 6.16. The zero-order valence-corrected chi connectivity index (χ0v) is 11.3. The first-order chi connectivity index (χ1) is 8.15. The molecule has 0 amide bonds. The quantitative estimate of drug-likeness (QED) is 0.585. The van der Waals surface area contributed by atoms with Gasteiger partial charge in [0.15, 0.2) is 0 Å². The van der Waals surface area contributed by atoms with Crippen molar-refractivity contribution in [2.45, 2.75) is 30.7 Å². The van der Waals surface area contributed by atoms with Crippen molar-refractivity contribution in [3.63, 3.8) is 0 Å². The Morgan fingerprint density at radius 2 is 2.06 bits per heavy atom. The minimum absolute atomic E-state index is 0.182. The van der Waals surface area contributed by atoms with E-state index in [0.717, 1.165) is 23.5 Å². The number of hydrogen-bond donors (Lipinski definition) is 1. The summed E-state index contributed by atoms with van der Waals surface area (Å²) < 4.78 is 12.7. The minimum atomic E-state index is -0.182. The number of nitrogens with one attached hydrogen (secondary N) is 1. The molecular formula is C14H20FNS. The summed E-state index contributed by atoms with van der Waals surface area (Å²) in [7, 11) is 1.97. The molecule has 0 saturated carbocycles. The third kappa shape index (κ3) is 5.37. The maximum Gasteiger partial charge on any atom is 0.123 e. The third-order valence-corrected chi connectivity index (χ3v) is 3.88. The molecule has 0 aliphatic heterocycles. The zero-order chi connectivity index (χ0) is 12.7. The van der Waals surface area contributed by atoms with Crippen LogP contribution in [0.5, 0.6) is 0 Å². The second-order valence-electron chi connectivity index (χ2n) is 4.06. The van der Waals surface area contributed by atoms with Crippen LogP contribution in [-0.2, 0) is 0 Å². The van der Waals surface area contributed by atoms with Crippen LogP contribution in [0.25, 0.3) is 0 Å². The van der Waals surface area contributed by atoms with Gasteiger partial charge in [-0.3, -0.25) is 0 Å². The Labute approximate surface area is 107 Å². The van der Waals surface area contributed by atoms with Gasteiger partial charge in [0.05, 0.1) is 0 Å². The van der Waals surface area contributed by atoms with Gasteiger partial charge >= 0.3 is 0 Å². The molecular weight excluding hydrogens is 233 g/mol. The van der Waals surface area contributed by atoms with Crippen molar-refractivity contribution in [1.82, 2.24) is 5.32 Å². The van der Waals surface area contributed by atoms with Gasteiger partial charge in [-0.15, -0.1) is 11.8 Å². The molecule has 0 aromatic heterocycles. The summed E-state index contributed by atoms with van der Waals surface area (Å²) in [5, 5.41) is 3.29. The molecule has 1 aromatic carbocycles. The topological polar surface area (TPSA) is 12.0 Å². The van der Waals surface area contributed by atoms with Crippen LogP contribution in [0, 0.1) is 5.82 Å². The van der Waals surface area contributed by atoms with Gasteiger partial charge in [0.2, 0.25) is 0 Å². The van der Waals surface area contributed by atoms with E-state index < -0.39 is 0 Å². The van der Waals surface area contributed by atoms with Gasteiger partial charge in [0.25, 0.3) is 0 Å². The van der Waals surface area contributed by atoms with E-state index in [4.69, 9.17) is 0 Å². The van der Waals surface area contributed by atoms with Crippen LogP contribution in [0.1, 0.15) is 19.8 Å². The molecule has 0 radical (unpaired) electrons. The Morgan fingerprint density at radius 3 is 2.59 bits per heavy atom. The standard InChI is InChI=1S/C14H20FNS/c1-4-11(2)9-13(16-3)10-17-14-7-5-12(15)6-8-14/h5-8,13,16H,2,4,9-10H2,1,3H3. The Morgan fingerprint density at radius 1 is 1.41 bits per heavy atom. The summed E-state index contributed by atoms with van der Waals surface area (Å²) in [6, 6.07) is 7.07. The lowest BCUT2D eigenvalue weighted by Gasteiger charge is -2.16. The Balaban J connectivity index is 2.42. The lowest BCUT2D eigenvalue weighted by atomic mass is 10.1.